The van der Waals surface area contributed by atoms with Gasteiger partial charge in [-0.05, 0) is 86.1 Å². The van der Waals surface area contributed by atoms with Crippen molar-refractivity contribution in [3.8, 4) is 0 Å². The summed E-state index contributed by atoms with van der Waals surface area (Å²) >= 11 is 5.63. The summed E-state index contributed by atoms with van der Waals surface area (Å²) in [6, 6.07) is 32.3. The Morgan fingerprint density at radius 3 is 1.86 bits per heavy atom. The quantitative estimate of drug-likeness (QED) is 0.312. The van der Waals surface area contributed by atoms with Crippen LogP contribution in [0, 0.1) is 5.92 Å². The third-order valence-corrected chi connectivity index (χ3v) is 8.72. The smallest absolute Gasteiger partial charge is 0.191 e. The Balaban J connectivity index is 1.38. The highest BCUT2D eigenvalue weighted by atomic mass is 32.1. The van der Waals surface area contributed by atoms with Gasteiger partial charge in [-0.2, -0.15) is 5.10 Å². The van der Waals surface area contributed by atoms with Gasteiger partial charge in [-0.25, -0.2) is 0 Å². The van der Waals surface area contributed by atoms with E-state index in [1.54, 1.807) is 0 Å². The van der Waals surface area contributed by atoms with Gasteiger partial charge in [0, 0.05) is 29.3 Å². The molecule has 1 heterocycles. The van der Waals surface area contributed by atoms with Crippen LogP contribution in [0.3, 0.4) is 0 Å². The van der Waals surface area contributed by atoms with Gasteiger partial charge >= 0.3 is 0 Å². The third-order valence-electron chi connectivity index (χ3n) is 8.53. The van der Waals surface area contributed by atoms with Crippen molar-refractivity contribution in [3.63, 3.8) is 0 Å². The van der Waals surface area contributed by atoms with Gasteiger partial charge in [-0.1, -0.05) is 78.9 Å². The molecule has 4 nitrogen and oxygen atoms in total. The second kappa shape index (κ2) is 10.2. The maximum atomic E-state index is 5.63. The zero-order chi connectivity index (χ0) is 24.4. The minimum atomic E-state index is 0.140. The summed E-state index contributed by atoms with van der Waals surface area (Å²) in [7, 11) is 0. The molecule has 0 aromatic heterocycles. The number of hydrogen-bond acceptors (Lipinski definition) is 3. The maximum Gasteiger partial charge on any atom is 0.191 e. The Morgan fingerprint density at radius 1 is 0.778 bits per heavy atom. The van der Waals surface area contributed by atoms with Gasteiger partial charge in [-0.3, -0.25) is 10.3 Å². The van der Waals surface area contributed by atoms with Crippen LogP contribution in [0.4, 0.5) is 5.69 Å². The van der Waals surface area contributed by atoms with Crippen LogP contribution in [0.15, 0.2) is 96.1 Å². The number of hydrogen-bond donors (Lipinski definition) is 2. The summed E-state index contributed by atoms with van der Waals surface area (Å²) < 4.78 is 0. The number of anilines is 1. The van der Waals surface area contributed by atoms with Crippen LogP contribution < -0.4 is 10.7 Å². The van der Waals surface area contributed by atoms with Crippen LogP contribution in [-0.2, 0) is 0 Å². The van der Waals surface area contributed by atoms with Gasteiger partial charge in [-0.15, -0.1) is 0 Å². The highest BCUT2D eigenvalue weighted by molar-refractivity contribution is 7.80. The zero-order valence-corrected chi connectivity index (χ0v) is 21.5. The number of nitrogens with zero attached hydrogens (tertiary/aromatic N) is 2. The first-order valence-corrected chi connectivity index (χ1v) is 13.7. The van der Waals surface area contributed by atoms with Crippen LogP contribution in [0.5, 0.6) is 0 Å². The van der Waals surface area contributed by atoms with Gasteiger partial charge in [0.25, 0.3) is 0 Å². The van der Waals surface area contributed by atoms with Gasteiger partial charge in [0.15, 0.2) is 5.11 Å². The molecule has 3 aromatic carbocycles. The number of hydrazone groups is 1. The van der Waals surface area contributed by atoms with E-state index in [4.69, 9.17) is 17.3 Å². The molecule has 1 aliphatic heterocycles. The summed E-state index contributed by atoms with van der Waals surface area (Å²) in [4.78, 5) is 2.80. The Morgan fingerprint density at radius 2 is 1.31 bits per heavy atom. The fraction of sp³-hybridized carbons (Fsp3) is 0.355. The average molecular weight is 495 g/mol. The van der Waals surface area contributed by atoms with Crippen LogP contribution >= 0.6 is 12.2 Å². The Kier molecular flexibility index (Phi) is 6.60. The Labute approximate surface area is 219 Å². The van der Waals surface area contributed by atoms with Crippen LogP contribution in [0.1, 0.15) is 55.1 Å². The second-order valence-corrected chi connectivity index (χ2v) is 11.0. The molecule has 2 atom stereocenters. The van der Waals surface area contributed by atoms with Crippen molar-refractivity contribution in [2.75, 3.05) is 18.4 Å². The topological polar surface area (TPSA) is 39.7 Å². The number of likely N-dealkylation sites (tertiary alicyclic amines) is 1. The molecule has 0 spiro atoms. The Bertz CT molecular complexity index is 1160. The summed E-state index contributed by atoms with van der Waals surface area (Å²) in [5.74, 6) is 1.23. The number of benzene rings is 3. The third kappa shape index (κ3) is 4.58. The minimum Gasteiger partial charge on any atom is -0.331 e. The van der Waals surface area contributed by atoms with E-state index in [2.05, 4.69) is 76.3 Å². The first-order valence-electron chi connectivity index (χ1n) is 13.3. The first kappa shape index (κ1) is 23.4. The van der Waals surface area contributed by atoms with E-state index >= 15 is 0 Å². The van der Waals surface area contributed by atoms with E-state index in [0.29, 0.717) is 22.9 Å². The van der Waals surface area contributed by atoms with Crippen molar-refractivity contribution in [1.82, 2.24) is 10.3 Å². The lowest BCUT2D eigenvalue weighted by Gasteiger charge is -2.59. The summed E-state index contributed by atoms with van der Waals surface area (Å²) in [5, 5.41) is 8.88. The zero-order valence-electron chi connectivity index (χ0n) is 20.6. The van der Waals surface area contributed by atoms with Gasteiger partial charge < -0.3 is 5.32 Å². The van der Waals surface area contributed by atoms with Gasteiger partial charge in [0.2, 0.25) is 0 Å². The molecule has 3 aromatic rings. The van der Waals surface area contributed by atoms with Crippen molar-refractivity contribution in [2.45, 2.75) is 49.5 Å². The van der Waals surface area contributed by atoms with E-state index < -0.39 is 0 Å². The molecule has 3 aliphatic carbocycles. The molecule has 2 bridgehead atoms. The van der Waals surface area contributed by atoms with Crippen LogP contribution in [0.2, 0.25) is 0 Å². The molecule has 7 rings (SSSR count). The molecule has 36 heavy (non-hydrogen) atoms. The molecule has 5 heteroatoms. The van der Waals surface area contributed by atoms with Crippen molar-refractivity contribution < 1.29 is 0 Å². The normalized spacial score (nSPS) is 28.8. The highest BCUT2D eigenvalue weighted by Gasteiger charge is 2.57. The number of rotatable bonds is 5. The number of nitrogens with one attached hydrogen (secondary N) is 2. The SMILES string of the molecule is S=C(N/N=C1/CC2(N3CCCC3)C[C@@H](c3ccccc3)C1[C@H](c1ccccc1)C2)Nc1ccccc1. The number of thiocarbonyl (C=S) groups is 1. The standard InChI is InChI=1S/C31H34N4S/c36-30(32-25-16-8-3-9-17-25)34-33-28-22-31(35-18-10-11-19-35)20-26(23-12-4-1-5-13-23)29(28)27(21-31)24-14-6-2-7-15-24/h1-9,12-17,26-27,29H,10-11,18-22H2,(H2,32,34,36)/b33-28-/t26-,27-,29?,31?/m0/s1. The lowest BCUT2D eigenvalue weighted by Crippen LogP contribution is -2.61. The predicted molar refractivity (Wildman–Crippen MR) is 152 cm³/mol. The predicted octanol–water partition coefficient (Wildman–Crippen LogP) is 6.54. The van der Waals surface area contributed by atoms with E-state index in [9.17, 15) is 0 Å². The van der Waals surface area contributed by atoms with E-state index in [0.717, 1.165) is 12.1 Å². The molecular weight excluding hydrogens is 460 g/mol. The summed E-state index contributed by atoms with van der Waals surface area (Å²) in [6.45, 7) is 2.39. The average Bonchev–Trinajstić information content (AvgIpc) is 3.50. The highest BCUT2D eigenvalue weighted by Crippen LogP contribution is 2.59. The molecule has 2 N–H and O–H groups in total. The molecule has 0 radical (unpaired) electrons. The largest absolute Gasteiger partial charge is 0.331 e. The maximum absolute atomic E-state index is 5.63. The molecule has 184 valence electrons. The van der Waals surface area contributed by atoms with Crippen molar-refractivity contribution in [2.24, 2.45) is 11.0 Å². The van der Waals surface area contributed by atoms with Gasteiger partial charge in [0.05, 0.1) is 0 Å². The monoisotopic (exact) mass is 494 g/mol. The van der Waals surface area contributed by atoms with Crippen molar-refractivity contribution in [1.29, 1.82) is 0 Å². The van der Waals surface area contributed by atoms with Gasteiger partial charge in [0.1, 0.15) is 0 Å². The fourth-order valence-electron chi connectivity index (χ4n) is 7.03. The lowest BCUT2D eigenvalue weighted by atomic mass is 9.52. The number of fused-ring (bicyclic) bond motifs is 3. The van der Waals surface area contributed by atoms with Crippen molar-refractivity contribution in [3.05, 3.63) is 102 Å². The molecule has 4 aliphatic rings. The number of para-hydroxylation sites is 1. The van der Waals surface area contributed by atoms with E-state index in [1.165, 1.54) is 55.6 Å². The Hall–Kier alpha value is -3.02. The molecule has 3 saturated carbocycles. The van der Waals surface area contributed by atoms with Crippen molar-refractivity contribution >= 4 is 28.7 Å². The first-order chi connectivity index (χ1) is 17.7. The van der Waals surface area contributed by atoms with E-state index in [-0.39, 0.29) is 5.54 Å². The van der Waals surface area contributed by atoms with Crippen LogP contribution in [0.25, 0.3) is 0 Å². The molecule has 0 amide bonds. The lowest BCUT2D eigenvalue weighted by molar-refractivity contribution is 0.0285. The molecular formula is C31H34N4S. The van der Waals surface area contributed by atoms with E-state index in [1.807, 2.05) is 30.3 Å². The summed E-state index contributed by atoms with van der Waals surface area (Å²) in [5.41, 5.74) is 8.47. The van der Waals surface area contributed by atoms with Crippen LogP contribution in [-0.4, -0.2) is 34.4 Å². The minimum absolute atomic E-state index is 0.140. The molecule has 1 saturated heterocycles. The second-order valence-electron chi connectivity index (χ2n) is 10.6. The molecule has 0 unspecified atom stereocenters. The summed E-state index contributed by atoms with van der Waals surface area (Å²) in [6.07, 6.45) is 6.03. The molecule has 4 fully saturated rings. The fourth-order valence-corrected chi connectivity index (χ4v) is 7.19.